The smallest absolute Gasteiger partial charge is 0.192 e. The van der Waals surface area contributed by atoms with Crippen molar-refractivity contribution < 1.29 is 4.43 Å². The molecule has 2 aromatic carbocycles. The third kappa shape index (κ3) is 5.30. The molecule has 0 fully saturated rings. The molecule has 3 heteroatoms. The van der Waals surface area contributed by atoms with Gasteiger partial charge in [0.05, 0.1) is 6.10 Å². The van der Waals surface area contributed by atoms with Crippen molar-refractivity contribution in [2.45, 2.75) is 51.6 Å². The van der Waals surface area contributed by atoms with Crippen LogP contribution in [0.4, 0.5) is 0 Å². The molecule has 0 bridgehead atoms. The number of hydrogen-bond donors (Lipinski definition) is 1. The largest absolute Gasteiger partial charge is 0.409 e. The maximum Gasteiger partial charge on any atom is 0.192 e. The van der Waals surface area contributed by atoms with Crippen LogP contribution in [0.1, 0.15) is 38.0 Å². The van der Waals surface area contributed by atoms with Crippen LogP contribution in [0.3, 0.4) is 0 Å². The molecule has 1 unspecified atom stereocenters. The van der Waals surface area contributed by atoms with Crippen LogP contribution in [0, 0.1) is 0 Å². The first-order valence-electron chi connectivity index (χ1n) is 8.77. The van der Waals surface area contributed by atoms with Crippen LogP contribution in [-0.4, -0.2) is 14.9 Å². The SMILES string of the molecule is CC(C)(C)[Si](C)(C)OC(CNCc1ccccc1)c1ccccc1. The summed E-state index contributed by atoms with van der Waals surface area (Å²) in [5.41, 5.74) is 2.56. The molecule has 0 radical (unpaired) electrons. The van der Waals surface area contributed by atoms with E-state index in [1.54, 1.807) is 0 Å². The van der Waals surface area contributed by atoms with Crippen LogP contribution >= 0.6 is 0 Å². The van der Waals surface area contributed by atoms with Crippen molar-refractivity contribution >= 4 is 8.32 Å². The summed E-state index contributed by atoms with van der Waals surface area (Å²) < 4.78 is 6.70. The molecule has 1 N–H and O–H groups in total. The molecule has 0 aromatic heterocycles. The van der Waals surface area contributed by atoms with Crippen LogP contribution in [-0.2, 0) is 11.0 Å². The standard InChI is InChI=1S/C21H31NOSi/c1-21(2,3)24(4,5)23-20(19-14-10-7-11-15-19)17-22-16-18-12-8-6-9-13-18/h6-15,20,22H,16-17H2,1-5H3. The summed E-state index contributed by atoms with van der Waals surface area (Å²) >= 11 is 0. The van der Waals surface area contributed by atoms with Crippen molar-refractivity contribution in [3.8, 4) is 0 Å². The van der Waals surface area contributed by atoms with Crippen LogP contribution in [0.2, 0.25) is 18.1 Å². The first-order valence-corrected chi connectivity index (χ1v) is 11.7. The number of hydrogen-bond acceptors (Lipinski definition) is 2. The van der Waals surface area contributed by atoms with Crippen molar-refractivity contribution in [3.05, 3.63) is 71.8 Å². The third-order valence-electron chi connectivity index (χ3n) is 4.92. The van der Waals surface area contributed by atoms with Crippen LogP contribution in [0.25, 0.3) is 0 Å². The van der Waals surface area contributed by atoms with E-state index in [0.29, 0.717) is 0 Å². The Kier molecular flexibility index (Phi) is 6.38. The zero-order valence-electron chi connectivity index (χ0n) is 15.7. The molecule has 1 atom stereocenters. The summed E-state index contributed by atoms with van der Waals surface area (Å²) in [4.78, 5) is 0. The summed E-state index contributed by atoms with van der Waals surface area (Å²) in [7, 11) is -1.82. The Morgan fingerprint density at radius 1 is 0.917 bits per heavy atom. The number of benzene rings is 2. The fourth-order valence-corrected chi connectivity index (χ4v) is 3.66. The average Bonchev–Trinajstić information content (AvgIpc) is 2.54. The Morgan fingerprint density at radius 3 is 2.00 bits per heavy atom. The predicted molar refractivity (Wildman–Crippen MR) is 106 cm³/mol. The molecule has 0 aliphatic heterocycles. The molecular weight excluding hydrogens is 310 g/mol. The first-order chi connectivity index (χ1) is 11.3. The Labute approximate surface area is 148 Å². The van der Waals surface area contributed by atoms with Gasteiger partial charge in [0, 0.05) is 13.1 Å². The maximum absolute atomic E-state index is 6.70. The van der Waals surface area contributed by atoms with Gasteiger partial charge in [-0.1, -0.05) is 81.4 Å². The molecule has 130 valence electrons. The minimum absolute atomic E-state index is 0.0933. The lowest BCUT2D eigenvalue weighted by Gasteiger charge is -2.39. The molecule has 2 aromatic rings. The lowest BCUT2D eigenvalue weighted by atomic mass is 10.1. The summed E-state index contributed by atoms with van der Waals surface area (Å²) in [5.74, 6) is 0. The quantitative estimate of drug-likeness (QED) is 0.668. The highest BCUT2D eigenvalue weighted by Crippen LogP contribution is 2.39. The van der Waals surface area contributed by atoms with E-state index in [9.17, 15) is 0 Å². The average molecular weight is 342 g/mol. The molecule has 24 heavy (non-hydrogen) atoms. The Morgan fingerprint density at radius 2 is 1.46 bits per heavy atom. The monoisotopic (exact) mass is 341 g/mol. The Bertz CT molecular complexity index is 605. The van der Waals surface area contributed by atoms with Gasteiger partial charge in [-0.05, 0) is 29.3 Å². The van der Waals surface area contributed by atoms with Crippen LogP contribution in [0.5, 0.6) is 0 Å². The summed E-state index contributed by atoms with van der Waals surface area (Å²) in [5, 5.41) is 3.78. The summed E-state index contributed by atoms with van der Waals surface area (Å²) in [6.07, 6.45) is 0.0933. The topological polar surface area (TPSA) is 21.3 Å². The second-order valence-electron chi connectivity index (χ2n) is 7.89. The van der Waals surface area contributed by atoms with E-state index in [1.165, 1.54) is 11.1 Å². The van der Waals surface area contributed by atoms with Crippen LogP contribution in [0.15, 0.2) is 60.7 Å². The van der Waals surface area contributed by atoms with Gasteiger partial charge in [-0.15, -0.1) is 0 Å². The molecule has 0 amide bonds. The molecule has 0 aliphatic rings. The van der Waals surface area contributed by atoms with Crippen molar-refractivity contribution in [1.82, 2.24) is 5.32 Å². The zero-order valence-corrected chi connectivity index (χ0v) is 16.7. The van der Waals surface area contributed by atoms with Gasteiger partial charge >= 0.3 is 0 Å². The van der Waals surface area contributed by atoms with E-state index in [0.717, 1.165) is 13.1 Å². The van der Waals surface area contributed by atoms with Gasteiger partial charge in [-0.3, -0.25) is 0 Å². The van der Waals surface area contributed by atoms with Crippen molar-refractivity contribution in [1.29, 1.82) is 0 Å². The van der Waals surface area contributed by atoms with E-state index >= 15 is 0 Å². The molecule has 0 aliphatic carbocycles. The van der Waals surface area contributed by atoms with Crippen LogP contribution < -0.4 is 5.32 Å². The highest BCUT2D eigenvalue weighted by atomic mass is 28.4. The van der Waals surface area contributed by atoms with Gasteiger partial charge < -0.3 is 9.74 Å². The molecular formula is C21H31NOSi. The fourth-order valence-electron chi connectivity index (χ4n) is 2.37. The van der Waals surface area contributed by atoms with Gasteiger partial charge in [0.1, 0.15) is 0 Å². The highest BCUT2D eigenvalue weighted by Gasteiger charge is 2.39. The van der Waals surface area contributed by atoms with Gasteiger partial charge in [0.25, 0.3) is 0 Å². The normalized spacial score (nSPS) is 13.7. The lowest BCUT2D eigenvalue weighted by molar-refractivity contribution is 0.180. The Hall–Kier alpha value is -1.42. The first kappa shape index (κ1) is 18.9. The van der Waals surface area contributed by atoms with E-state index in [2.05, 4.69) is 99.8 Å². The van der Waals surface area contributed by atoms with Gasteiger partial charge in [0.15, 0.2) is 8.32 Å². The maximum atomic E-state index is 6.70. The Balaban J connectivity index is 2.06. The van der Waals surface area contributed by atoms with Gasteiger partial charge in [-0.25, -0.2) is 0 Å². The number of rotatable bonds is 7. The lowest BCUT2D eigenvalue weighted by Crippen LogP contribution is -2.43. The molecule has 0 saturated carbocycles. The summed E-state index contributed by atoms with van der Waals surface area (Å²) in [6.45, 7) is 13.2. The highest BCUT2D eigenvalue weighted by molar-refractivity contribution is 6.74. The van der Waals surface area contributed by atoms with Gasteiger partial charge in [-0.2, -0.15) is 0 Å². The molecule has 0 heterocycles. The minimum atomic E-state index is -1.82. The predicted octanol–water partition coefficient (Wildman–Crippen LogP) is 5.54. The third-order valence-corrected chi connectivity index (χ3v) is 9.40. The minimum Gasteiger partial charge on any atom is -0.409 e. The molecule has 0 spiro atoms. The van der Waals surface area contributed by atoms with Crippen molar-refractivity contribution in [3.63, 3.8) is 0 Å². The van der Waals surface area contributed by atoms with Gasteiger partial charge in [0.2, 0.25) is 0 Å². The summed E-state index contributed by atoms with van der Waals surface area (Å²) in [6, 6.07) is 21.1. The molecule has 2 nitrogen and oxygen atoms in total. The molecule has 2 rings (SSSR count). The van der Waals surface area contributed by atoms with E-state index in [-0.39, 0.29) is 11.1 Å². The molecule has 0 saturated heterocycles. The van der Waals surface area contributed by atoms with Crippen molar-refractivity contribution in [2.24, 2.45) is 0 Å². The fraction of sp³-hybridized carbons (Fsp3) is 0.429. The van der Waals surface area contributed by atoms with E-state index < -0.39 is 8.32 Å². The zero-order chi connectivity index (χ0) is 17.6. The van der Waals surface area contributed by atoms with Crippen molar-refractivity contribution in [2.75, 3.05) is 6.54 Å². The number of nitrogens with one attached hydrogen (secondary N) is 1. The second-order valence-corrected chi connectivity index (χ2v) is 12.7. The second kappa shape index (κ2) is 8.10. The van der Waals surface area contributed by atoms with E-state index in [4.69, 9.17) is 4.43 Å². The van der Waals surface area contributed by atoms with E-state index in [1.807, 2.05) is 0 Å².